The van der Waals surface area contributed by atoms with Crippen LogP contribution in [-0.2, 0) is 4.57 Å². The lowest BCUT2D eigenvalue weighted by atomic mass is 9.99. The minimum absolute atomic E-state index is 0.0805. The summed E-state index contributed by atoms with van der Waals surface area (Å²) in [5, 5.41) is 0.332. The van der Waals surface area contributed by atoms with Gasteiger partial charge < -0.3 is 14.5 Å². The summed E-state index contributed by atoms with van der Waals surface area (Å²) in [6, 6.07) is 3.14. The number of fused-ring (bicyclic) bond motifs is 1. The van der Waals surface area contributed by atoms with Crippen LogP contribution in [0.3, 0.4) is 0 Å². The molecule has 0 fully saturated rings. The quantitative estimate of drug-likeness (QED) is 0.602. The van der Waals surface area contributed by atoms with Crippen LogP contribution < -0.4 is 4.74 Å². The van der Waals surface area contributed by atoms with E-state index >= 15 is 0 Å². The highest BCUT2D eigenvalue weighted by Crippen LogP contribution is 2.40. The fourth-order valence-corrected chi connectivity index (χ4v) is 3.90. The van der Waals surface area contributed by atoms with Crippen LogP contribution in [0.5, 0.6) is 5.75 Å². The first-order valence-electron chi connectivity index (χ1n) is 7.01. The fourth-order valence-electron chi connectivity index (χ4n) is 2.35. The van der Waals surface area contributed by atoms with Gasteiger partial charge in [-0.25, -0.2) is 4.39 Å². The van der Waals surface area contributed by atoms with Crippen LogP contribution in [0.15, 0.2) is 12.1 Å². The van der Waals surface area contributed by atoms with Gasteiger partial charge in [-0.1, -0.05) is 13.8 Å². The molecular weight excluding hydrogens is 342 g/mol. The van der Waals surface area contributed by atoms with Gasteiger partial charge in [-0.05, 0) is 18.1 Å². The second kappa shape index (κ2) is 6.69. The molecule has 0 saturated carbocycles. The molecule has 0 spiro atoms. The van der Waals surface area contributed by atoms with E-state index in [-0.39, 0.29) is 17.2 Å². The minimum Gasteiger partial charge on any atom is -0.496 e. The van der Waals surface area contributed by atoms with Gasteiger partial charge in [0.1, 0.15) is 11.6 Å². The van der Waals surface area contributed by atoms with Crippen molar-refractivity contribution < 1.29 is 28.3 Å². The molecule has 0 aliphatic heterocycles. The van der Waals surface area contributed by atoms with Crippen molar-refractivity contribution in [3.05, 3.63) is 28.4 Å². The van der Waals surface area contributed by atoms with E-state index in [0.29, 0.717) is 21.4 Å². The van der Waals surface area contributed by atoms with E-state index in [9.17, 15) is 13.8 Å². The summed E-state index contributed by atoms with van der Waals surface area (Å²) in [6.45, 7) is 3.70. The maximum Gasteiger partial charge on any atom is 0.326 e. The molecule has 1 heterocycles. The van der Waals surface area contributed by atoms with Gasteiger partial charge in [0.05, 0.1) is 18.1 Å². The van der Waals surface area contributed by atoms with Crippen molar-refractivity contribution in [3.8, 4) is 5.75 Å². The molecule has 1 aromatic carbocycles. The Hall–Kier alpha value is -1.27. The number of methoxy groups -OCH3 is 1. The number of hydrogen-bond acceptors (Lipinski definition) is 4. The first-order chi connectivity index (χ1) is 10.6. The van der Waals surface area contributed by atoms with E-state index in [2.05, 4.69) is 0 Å². The third kappa shape index (κ3) is 3.98. The molecule has 2 aromatic rings. The van der Waals surface area contributed by atoms with Gasteiger partial charge in [-0.3, -0.25) is 9.36 Å². The van der Waals surface area contributed by atoms with Crippen molar-refractivity contribution in [2.75, 3.05) is 13.3 Å². The van der Waals surface area contributed by atoms with E-state index in [1.54, 1.807) is 6.07 Å². The minimum atomic E-state index is -4.23. The van der Waals surface area contributed by atoms with Crippen LogP contribution in [0.2, 0.25) is 0 Å². The zero-order valence-corrected chi connectivity index (χ0v) is 14.7. The molecule has 0 aliphatic carbocycles. The lowest BCUT2D eigenvalue weighted by Crippen LogP contribution is -2.00. The van der Waals surface area contributed by atoms with E-state index in [1.165, 1.54) is 13.2 Å². The first-order valence-corrected chi connectivity index (χ1v) is 9.63. The summed E-state index contributed by atoms with van der Waals surface area (Å²) < 4.78 is 31.4. The molecule has 2 N–H and O–H groups in total. The summed E-state index contributed by atoms with van der Waals surface area (Å²) in [4.78, 5) is 30.0. The predicted octanol–water partition coefficient (Wildman–Crippen LogP) is 3.92. The summed E-state index contributed by atoms with van der Waals surface area (Å²) in [5.74, 6) is -0.470. The van der Waals surface area contributed by atoms with Crippen molar-refractivity contribution in [3.63, 3.8) is 0 Å². The summed E-state index contributed by atoms with van der Waals surface area (Å²) in [5.41, 5.74) is 0.451. The largest absolute Gasteiger partial charge is 0.496 e. The van der Waals surface area contributed by atoms with Crippen molar-refractivity contribution in [2.24, 2.45) is 0 Å². The van der Waals surface area contributed by atoms with Gasteiger partial charge in [-0.2, -0.15) is 0 Å². The maximum atomic E-state index is 14.7. The number of halogens is 1. The fraction of sp³-hybridized carbons (Fsp3) is 0.400. The number of carbonyl (C=O) groups excluding carboxylic acids is 1. The molecule has 0 atom stereocenters. The molecule has 0 saturated heterocycles. The van der Waals surface area contributed by atoms with E-state index < -0.39 is 25.4 Å². The molecule has 0 aliphatic rings. The van der Waals surface area contributed by atoms with Crippen LogP contribution in [-0.4, -0.2) is 28.8 Å². The molecule has 0 unspecified atom stereocenters. The van der Waals surface area contributed by atoms with Crippen LogP contribution in [0.25, 0.3) is 10.1 Å². The molecule has 1 aromatic heterocycles. The average Bonchev–Trinajstić information content (AvgIpc) is 2.87. The van der Waals surface area contributed by atoms with Crippen molar-refractivity contribution in [1.82, 2.24) is 0 Å². The molecule has 0 bridgehead atoms. The second-order valence-electron chi connectivity index (χ2n) is 5.55. The normalized spacial score (nSPS) is 12.1. The number of benzene rings is 1. The van der Waals surface area contributed by atoms with Gasteiger partial charge in [-0.15, -0.1) is 11.3 Å². The Bertz CT molecular complexity index is 793. The highest BCUT2D eigenvalue weighted by atomic mass is 32.1. The average molecular weight is 360 g/mol. The number of rotatable bonds is 6. The Morgan fingerprint density at radius 1 is 1.39 bits per heavy atom. The number of ketones is 1. The van der Waals surface area contributed by atoms with E-state index in [4.69, 9.17) is 14.5 Å². The lowest BCUT2D eigenvalue weighted by Gasteiger charge is -2.13. The third-order valence-electron chi connectivity index (χ3n) is 3.46. The van der Waals surface area contributed by atoms with Gasteiger partial charge in [0.15, 0.2) is 5.78 Å². The number of hydrogen-bond donors (Lipinski definition) is 2. The zero-order valence-electron chi connectivity index (χ0n) is 13.0. The maximum absolute atomic E-state index is 14.7. The molecule has 2 rings (SSSR count). The zero-order chi connectivity index (χ0) is 17.4. The molecule has 8 heteroatoms. The Labute approximate surface area is 137 Å². The van der Waals surface area contributed by atoms with Crippen LogP contribution in [0, 0.1) is 5.82 Å². The van der Waals surface area contributed by atoms with Crippen LogP contribution >= 0.6 is 18.9 Å². The Kier molecular flexibility index (Phi) is 5.26. The standard InChI is InChI=1S/C15H18FO5PS/c1-8(2)14-11(21-3)7-12-9(15(14)16)6-13(23-12)10(17)4-5-22(18,19)20/h6-8H,4-5H2,1-3H3,(H2,18,19,20). The van der Waals surface area contributed by atoms with Gasteiger partial charge in [0.25, 0.3) is 0 Å². The lowest BCUT2D eigenvalue weighted by molar-refractivity contribution is 0.0990. The number of thiophene rings is 1. The third-order valence-corrected chi connectivity index (χ3v) is 5.39. The number of carbonyl (C=O) groups is 1. The van der Waals surface area contributed by atoms with Crippen LogP contribution in [0.4, 0.5) is 4.39 Å². The monoisotopic (exact) mass is 360 g/mol. The first kappa shape index (κ1) is 18.1. The molecule has 23 heavy (non-hydrogen) atoms. The summed E-state index contributed by atoms with van der Waals surface area (Å²) >= 11 is 1.10. The Morgan fingerprint density at radius 3 is 2.57 bits per heavy atom. The topological polar surface area (TPSA) is 83.8 Å². The van der Waals surface area contributed by atoms with Gasteiger partial charge in [0.2, 0.25) is 0 Å². The molecule has 0 radical (unpaired) electrons. The number of Topliss-reactive ketones (excluding diaryl/α,β-unsaturated/α-hetero) is 1. The molecule has 126 valence electrons. The highest BCUT2D eigenvalue weighted by molar-refractivity contribution is 7.51. The van der Waals surface area contributed by atoms with Gasteiger partial charge in [0, 0.05) is 22.1 Å². The Morgan fingerprint density at radius 2 is 2.04 bits per heavy atom. The van der Waals surface area contributed by atoms with E-state index in [1.807, 2.05) is 13.8 Å². The SMILES string of the molecule is COc1cc2sc(C(=O)CCP(=O)(O)O)cc2c(F)c1C(C)C. The molecule has 0 amide bonds. The Balaban J connectivity index is 2.44. The van der Waals surface area contributed by atoms with Crippen molar-refractivity contribution in [1.29, 1.82) is 0 Å². The number of ether oxygens (including phenoxy) is 1. The molecule has 5 nitrogen and oxygen atoms in total. The van der Waals surface area contributed by atoms with Crippen LogP contribution in [0.1, 0.15) is 41.4 Å². The predicted molar refractivity (Wildman–Crippen MR) is 88.3 cm³/mol. The second-order valence-corrected chi connectivity index (χ2v) is 8.41. The summed E-state index contributed by atoms with van der Waals surface area (Å²) in [6.07, 6.45) is -0.782. The van der Waals surface area contributed by atoms with Crippen molar-refractivity contribution >= 4 is 34.8 Å². The highest BCUT2D eigenvalue weighted by Gasteiger charge is 2.22. The molecular formula is C15H18FO5PS. The van der Waals surface area contributed by atoms with Crippen molar-refractivity contribution in [2.45, 2.75) is 26.2 Å². The van der Waals surface area contributed by atoms with E-state index in [0.717, 1.165) is 11.3 Å². The smallest absolute Gasteiger partial charge is 0.326 e. The summed E-state index contributed by atoms with van der Waals surface area (Å²) in [7, 11) is -2.76. The van der Waals surface area contributed by atoms with Gasteiger partial charge >= 0.3 is 7.60 Å².